The van der Waals surface area contributed by atoms with Crippen LogP contribution >= 0.6 is 23.2 Å². The number of nitrogens with zero attached hydrogens (tertiary/aromatic N) is 2. The lowest BCUT2D eigenvalue weighted by molar-refractivity contribution is -0.144. The molecule has 2 atom stereocenters. The highest BCUT2D eigenvalue weighted by Crippen LogP contribution is 2.40. The Balaban J connectivity index is 2.61. The van der Waals surface area contributed by atoms with Crippen LogP contribution in [0, 0.1) is 11.3 Å². The van der Waals surface area contributed by atoms with Crippen molar-refractivity contribution in [3.63, 3.8) is 0 Å². The first kappa shape index (κ1) is 14.6. The molecule has 0 radical (unpaired) electrons. The third-order valence-corrected chi connectivity index (χ3v) is 3.56. The van der Waals surface area contributed by atoms with Crippen LogP contribution in [0.5, 0.6) is 0 Å². The molecule has 0 aliphatic carbocycles. The SMILES string of the molecule is N#CC1c2c(Cl)cc(Cl)cc2C(=O)N1C(CO)C(=O)O. The first-order valence-electron chi connectivity index (χ1n) is 5.47. The van der Waals surface area contributed by atoms with Gasteiger partial charge in [-0.1, -0.05) is 23.2 Å². The average Bonchev–Trinajstić information content (AvgIpc) is 2.64. The second kappa shape index (κ2) is 5.29. The number of rotatable bonds is 3. The molecule has 1 aromatic carbocycles. The number of amides is 1. The molecule has 0 spiro atoms. The summed E-state index contributed by atoms with van der Waals surface area (Å²) in [4.78, 5) is 24.2. The molecule has 0 saturated carbocycles. The van der Waals surface area contributed by atoms with Crippen molar-refractivity contribution in [3.05, 3.63) is 33.3 Å². The molecule has 8 heteroatoms. The lowest BCUT2D eigenvalue weighted by Crippen LogP contribution is -2.45. The number of aliphatic hydroxyl groups excluding tert-OH is 1. The van der Waals surface area contributed by atoms with Crippen LogP contribution in [0.1, 0.15) is 22.0 Å². The van der Waals surface area contributed by atoms with Gasteiger partial charge < -0.3 is 15.1 Å². The van der Waals surface area contributed by atoms with Crippen LogP contribution in [-0.4, -0.2) is 39.6 Å². The summed E-state index contributed by atoms with van der Waals surface area (Å²) in [5.74, 6) is -2.10. The largest absolute Gasteiger partial charge is 0.480 e. The Morgan fingerprint density at radius 1 is 1.50 bits per heavy atom. The number of carbonyl (C=O) groups excluding carboxylic acids is 1. The molecule has 6 nitrogen and oxygen atoms in total. The summed E-state index contributed by atoms with van der Waals surface area (Å²) < 4.78 is 0. The number of nitriles is 1. The Bertz CT molecular complexity index is 641. The number of fused-ring (bicyclic) bond motifs is 1. The summed E-state index contributed by atoms with van der Waals surface area (Å²) in [6, 6.07) is 1.84. The van der Waals surface area contributed by atoms with Gasteiger partial charge in [0.15, 0.2) is 6.04 Å². The molecule has 20 heavy (non-hydrogen) atoms. The maximum absolute atomic E-state index is 12.3. The average molecular weight is 315 g/mol. The minimum Gasteiger partial charge on any atom is -0.480 e. The zero-order valence-corrected chi connectivity index (χ0v) is 11.4. The number of carboxylic acid groups (broad SMARTS) is 1. The Morgan fingerprint density at radius 2 is 2.15 bits per heavy atom. The predicted octanol–water partition coefficient (Wildman–Crippen LogP) is 1.46. The van der Waals surface area contributed by atoms with Gasteiger partial charge in [-0.05, 0) is 12.1 Å². The van der Waals surface area contributed by atoms with E-state index >= 15 is 0 Å². The van der Waals surface area contributed by atoms with Gasteiger partial charge in [0.25, 0.3) is 5.91 Å². The molecule has 2 N–H and O–H groups in total. The Kier molecular flexibility index (Phi) is 3.86. The fourth-order valence-electron chi connectivity index (χ4n) is 2.17. The fourth-order valence-corrected chi connectivity index (χ4v) is 2.77. The van der Waals surface area contributed by atoms with Crippen molar-refractivity contribution in [3.8, 4) is 6.07 Å². The van der Waals surface area contributed by atoms with Crippen molar-refractivity contribution in [1.82, 2.24) is 4.90 Å². The second-order valence-corrected chi connectivity index (χ2v) is 4.97. The van der Waals surface area contributed by atoms with Crippen molar-refractivity contribution < 1.29 is 19.8 Å². The number of benzene rings is 1. The van der Waals surface area contributed by atoms with Crippen molar-refractivity contribution in [2.45, 2.75) is 12.1 Å². The van der Waals surface area contributed by atoms with E-state index in [0.717, 1.165) is 4.90 Å². The van der Waals surface area contributed by atoms with E-state index in [1.807, 2.05) is 6.07 Å². The van der Waals surface area contributed by atoms with Crippen LogP contribution in [0.2, 0.25) is 10.0 Å². The molecule has 104 valence electrons. The lowest BCUT2D eigenvalue weighted by atomic mass is 10.1. The summed E-state index contributed by atoms with van der Waals surface area (Å²) in [6.07, 6.45) is 0. The fraction of sp³-hybridized carbons (Fsp3) is 0.250. The molecule has 1 aromatic rings. The van der Waals surface area contributed by atoms with Gasteiger partial charge >= 0.3 is 5.97 Å². The third kappa shape index (κ3) is 2.10. The molecule has 0 bridgehead atoms. The number of aliphatic carboxylic acids is 1. The van der Waals surface area contributed by atoms with E-state index in [1.165, 1.54) is 12.1 Å². The van der Waals surface area contributed by atoms with Crippen LogP contribution in [-0.2, 0) is 4.79 Å². The zero-order chi connectivity index (χ0) is 15.0. The van der Waals surface area contributed by atoms with Crippen molar-refractivity contribution in [1.29, 1.82) is 5.26 Å². The Labute approximate surface area is 123 Å². The van der Waals surface area contributed by atoms with Gasteiger partial charge in [0.1, 0.15) is 6.04 Å². The number of carbonyl (C=O) groups is 2. The second-order valence-electron chi connectivity index (χ2n) is 4.13. The highest BCUT2D eigenvalue weighted by Gasteiger charge is 2.44. The number of aliphatic hydroxyl groups is 1. The summed E-state index contributed by atoms with van der Waals surface area (Å²) in [6.45, 7) is -0.807. The van der Waals surface area contributed by atoms with Crippen LogP contribution < -0.4 is 0 Å². The van der Waals surface area contributed by atoms with Gasteiger partial charge in [-0.15, -0.1) is 0 Å². The van der Waals surface area contributed by atoms with E-state index in [0.29, 0.717) is 0 Å². The molecule has 1 aliphatic heterocycles. The van der Waals surface area contributed by atoms with Crippen molar-refractivity contribution >= 4 is 35.1 Å². The molecule has 1 heterocycles. The third-order valence-electron chi connectivity index (χ3n) is 3.03. The van der Waals surface area contributed by atoms with E-state index in [2.05, 4.69) is 0 Å². The summed E-state index contributed by atoms with van der Waals surface area (Å²) in [5.41, 5.74) is 0.289. The molecule has 2 unspecified atom stereocenters. The number of hydrogen-bond donors (Lipinski definition) is 2. The summed E-state index contributed by atoms with van der Waals surface area (Å²) >= 11 is 11.8. The predicted molar refractivity (Wildman–Crippen MR) is 69.5 cm³/mol. The van der Waals surface area contributed by atoms with Crippen LogP contribution in [0.3, 0.4) is 0 Å². The Hall–Kier alpha value is -1.81. The molecule has 2 rings (SSSR count). The van der Waals surface area contributed by atoms with E-state index in [1.54, 1.807) is 0 Å². The van der Waals surface area contributed by atoms with Crippen molar-refractivity contribution in [2.75, 3.05) is 6.61 Å². The highest BCUT2D eigenvalue weighted by atomic mass is 35.5. The number of hydrogen-bond acceptors (Lipinski definition) is 4. The number of halogens is 2. The van der Waals surface area contributed by atoms with Crippen LogP contribution in [0.25, 0.3) is 0 Å². The topological polar surface area (TPSA) is 102 Å². The Morgan fingerprint density at radius 3 is 2.65 bits per heavy atom. The molecule has 0 saturated heterocycles. The molecular weight excluding hydrogens is 307 g/mol. The monoisotopic (exact) mass is 314 g/mol. The van der Waals surface area contributed by atoms with E-state index in [-0.39, 0.29) is 21.2 Å². The molecule has 1 amide bonds. The van der Waals surface area contributed by atoms with E-state index < -0.39 is 30.6 Å². The van der Waals surface area contributed by atoms with E-state index in [4.69, 9.17) is 33.4 Å². The maximum Gasteiger partial charge on any atom is 0.328 e. The van der Waals surface area contributed by atoms with Gasteiger partial charge in [-0.3, -0.25) is 4.79 Å². The van der Waals surface area contributed by atoms with Crippen LogP contribution in [0.4, 0.5) is 0 Å². The van der Waals surface area contributed by atoms with Crippen LogP contribution in [0.15, 0.2) is 12.1 Å². The van der Waals surface area contributed by atoms with Gasteiger partial charge in [-0.25, -0.2) is 4.79 Å². The first-order chi connectivity index (χ1) is 9.42. The standard InChI is InChI=1S/C12H8Cl2N2O4/c13-5-1-6-10(7(14)2-5)8(3-15)16(11(6)18)9(4-17)12(19)20/h1-2,8-9,17H,4H2,(H,19,20). The van der Waals surface area contributed by atoms with E-state index in [9.17, 15) is 14.9 Å². The van der Waals surface area contributed by atoms with Gasteiger partial charge in [0.2, 0.25) is 0 Å². The summed E-state index contributed by atoms with van der Waals surface area (Å²) in [7, 11) is 0. The normalized spacial score (nSPS) is 18.6. The molecular formula is C12H8Cl2N2O4. The molecule has 0 fully saturated rings. The minimum atomic E-state index is -1.52. The zero-order valence-electron chi connectivity index (χ0n) is 9.88. The smallest absolute Gasteiger partial charge is 0.328 e. The maximum atomic E-state index is 12.3. The van der Waals surface area contributed by atoms with Gasteiger partial charge in [-0.2, -0.15) is 5.26 Å². The van der Waals surface area contributed by atoms with Gasteiger partial charge in [0.05, 0.1) is 12.7 Å². The number of carboxylic acids is 1. The molecule has 0 aromatic heterocycles. The highest BCUT2D eigenvalue weighted by molar-refractivity contribution is 6.36. The van der Waals surface area contributed by atoms with Gasteiger partial charge in [0, 0.05) is 21.2 Å². The van der Waals surface area contributed by atoms with Crippen molar-refractivity contribution in [2.24, 2.45) is 0 Å². The lowest BCUT2D eigenvalue weighted by Gasteiger charge is -2.25. The quantitative estimate of drug-likeness (QED) is 0.879. The minimum absolute atomic E-state index is 0.0775. The molecule has 1 aliphatic rings. The summed E-state index contributed by atoms with van der Waals surface area (Å²) in [5, 5.41) is 27.7. The first-order valence-corrected chi connectivity index (χ1v) is 6.22.